The van der Waals surface area contributed by atoms with Gasteiger partial charge in [-0.25, -0.2) is 4.39 Å². The minimum atomic E-state index is -0.407. The molecule has 0 atom stereocenters. The van der Waals surface area contributed by atoms with Crippen LogP contribution in [0.4, 0.5) is 15.8 Å². The Kier molecular flexibility index (Phi) is 6.62. The van der Waals surface area contributed by atoms with Crippen LogP contribution in [-0.4, -0.2) is 41.7 Å². The van der Waals surface area contributed by atoms with Gasteiger partial charge in [-0.05, 0) is 30.7 Å². The average molecular weight is 345 g/mol. The van der Waals surface area contributed by atoms with Crippen LogP contribution >= 0.6 is 0 Å². The van der Waals surface area contributed by atoms with Crippen LogP contribution < -0.4 is 5.32 Å². The van der Waals surface area contributed by atoms with Gasteiger partial charge in [0.1, 0.15) is 5.82 Å². The monoisotopic (exact) mass is 345 g/mol. The lowest BCUT2D eigenvalue weighted by molar-refractivity contribution is -0.109. The number of carbonyl (C=O) groups is 1. The number of nitrogens with one attached hydrogen (secondary N) is 1. The Balaban J connectivity index is 2.25. The molecule has 2 rings (SSSR count). The molecule has 0 amide bonds. The molecule has 6 nitrogen and oxygen atoms in total. The summed E-state index contributed by atoms with van der Waals surface area (Å²) in [5.74, 6) is -0.407. The van der Waals surface area contributed by atoms with Crippen LogP contribution in [0.2, 0.25) is 0 Å². The fourth-order valence-corrected chi connectivity index (χ4v) is 2.13. The number of pyridine rings is 1. The highest BCUT2D eigenvalue weighted by Crippen LogP contribution is 2.25. The van der Waals surface area contributed by atoms with Gasteiger partial charge in [-0.1, -0.05) is 6.07 Å². The number of benzene rings is 1. The van der Waals surface area contributed by atoms with Gasteiger partial charge in [-0.2, -0.15) is 0 Å². The first-order chi connectivity index (χ1) is 12.0. The Morgan fingerprint density at radius 1 is 1.36 bits per heavy atom. The minimum absolute atomic E-state index is 0.0964. The molecule has 2 aromatic rings. The standard InChI is InChI=1S/C18H20FN3O3/c1-13-3-4-17(16(19)9-13)21-18-11-20-10-14(15(18)12-24)5-6-22(2)25-8-7-23/h3-6,9-12,21,23H,7-8H2,1-2H3/b6-5-. The fourth-order valence-electron chi connectivity index (χ4n) is 2.13. The Bertz CT molecular complexity index is 765. The van der Waals surface area contributed by atoms with E-state index in [1.165, 1.54) is 23.5 Å². The molecule has 0 spiro atoms. The van der Waals surface area contributed by atoms with Crippen molar-refractivity contribution in [3.63, 3.8) is 0 Å². The lowest BCUT2D eigenvalue weighted by Crippen LogP contribution is -2.14. The highest BCUT2D eigenvalue weighted by atomic mass is 19.1. The molecular formula is C18H20FN3O3. The molecule has 2 N–H and O–H groups in total. The molecule has 0 aliphatic rings. The molecule has 25 heavy (non-hydrogen) atoms. The smallest absolute Gasteiger partial charge is 0.152 e. The second kappa shape index (κ2) is 8.91. The summed E-state index contributed by atoms with van der Waals surface area (Å²) >= 11 is 0. The summed E-state index contributed by atoms with van der Waals surface area (Å²) in [5, 5.41) is 13.0. The SMILES string of the molecule is Cc1ccc(Nc2cncc(/C=C\N(C)OCCO)c2C=O)c(F)c1. The van der Waals surface area contributed by atoms with Crippen LogP contribution in [0.25, 0.3) is 6.08 Å². The summed E-state index contributed by atoms with van der Waals surface area (Å²) < 4.78 is 14.0. The van der Waals surface area contributed by atoms with Crippen LogP contribution in [0.15, 0.2) is 36.8 Å². The van der Waals surface area contributed by atoms with Crippen LogP contribution in [0, 0.1) is 12.7 Å². The van der Waals surface area contributed by atoms with E-state index in [1.807, 2.05) is 0 Å². The maximum Gasteiger partial charge on any atom is 0.152 e. The molecular weight excluding hydrogens is 325 g/mol. The van der Waals surface area contributed by atoms with Crippen molar-refractivity contribution < 1.29 is 19.1 Å². The Morgan fingerprint density at radius 3 is 2.84 bits per heavy atom. The highest BCUT2D eigenvalue weighted by Gasteiger charge is 2.10. The molecule has 0 aliphatic carbocycles. The predicted octanol–water partition coefficient (Wildman–Crippen LogP) is 2.91. The first-order valence-corrected chi connectivity index (χ1v) is 7.66. The van der Waals surface area contributed by atoms with Crippen LogP contribution in [0.1, 0.15) is 21.5 Å². The van der Waals surface area contributed by atoms with E-state index in [0.717, 1.165) is 5.56 Å². The molecule has 1 heterocycles. The van der Waals surface area contributed by atoms with Crippen molar-refractivity contribution in [3.05, 3.63) is 59.3 Å². The third kappa shape index (κ3) is 5.10. The Labute approximate surface area is 145 Å². The van der Waals surface area contributed by atoms with E-state index in [4.69, 9.17) is 9.94 Å². The zero-order chi connectivity index (χ0) is 18.2. The number of aldehydes is 1. The number of carbonyl (C=O) groups excluding carboxylic acids is 1. The second-order valence-electron chi connectivity index (χ2n) is 5.33. The van der Waals surface area contributed by atoms with Gasteiger partial charge in [0.05, 0.1) is 30.8 Å². The number of hydrogen-bond acceptors (Lipinski definition) is 6. The number of halogens is 1. The first-order valence-electron chi connectivity index (χ1n) is 7.66. The molecule has 1 aromatic heterocycles. The van der Waals surface area contributed by atoms with Gasteiger partial charge >= 0.3 is 0 Å². The quantitative estimate of drug-likeness (QED) is 0.566. The van der Waals surface area contributed by atoms with Gasteiger partial charge < -0.3 is 10.4 Å². The molecule has 7 heteroatoms. The summed E-state index contributed by atoms with van der Waals surface area (Å²) in [6.07, 6.45) is 6.91. The van der Waals surface area contributed by atoms with Gasteiger partial charge in [0.25, 0.3) is 0 Å². The van der Waals surface area contributed by atoms with Gasteiger partial charge in [0.15, 0.2) is 6.29 Å². The van der Waals surface area contributed by atoms with E-state index in [2.05, 4.69) is 10.3 Å². The van der Waals surface area contributed by atoms with Crippen molar-refractivity contribution in [2.45, 2.75) is 6.92 Å². The third-order valence-corrected chi connectivity index (χ3v) is 3.38. The summed E-state index contributed by atoms with van der Waals surface area (Å²) in [7, 11) is 1.66. The third-order valence-electron chi connectivity index (χ3n) is 3.38. The van der Waals surface area contributed by atoms with Crippen molar-refractivity contribution in [1.29, 1.82) is 0 Å². The van der Waals surface area contributed by atoms with E-state index < -0.39 is 5.82 Å². The molecule has 1 aromatic carbocycles. The predicted molar refractivity (Wildman–Crippen MR) is 93.9 cm³/mol. The second-order valence-corrected chi connectivity index (χ2v) is 5.33. The number of aromatic nitrogens is 1. The van der Waals surface area contributed by atoms with E-state index in [1.54, 1.807) is 38.4 Å². The maximum atomic E-state index is 14.0. The number of rotatable bonds is 8. The number of aliphatic hydroxyl groups is 1. The van der Waals surface area contributed by atoms with E-state index in [9.17, 15) is 9.18 Å². The number of aryl methyl sites for hydroxylation is 1. The molecule has 0 unspecified atom stereocenters. The van der Waals surface area contributed by atoms with Crippen molar-refractivity contribution in [2.24, 2.45) is 0 Å². The lowest BCUT2D eigenvalue weighted by atomic mass is 10.1. The number of anilines is 2. The number of nitrogens with zero attached hydrogens (tertiary/aromatic N) is 2. The maximum absolute atomic E-state index is 14.0. The summed E-state index contributed by atoms with van der Waals surface area (Å²) in [4.78, 5) is 20.8. The lowest BCUT2D eigenvalue weighted by Gasteiger charge is -2.14. The molecule has 0 saturated carbocycles. The molecule has 0 radical (unpaired) electrons. The number of hydrogen-bond donors (Lipinski definition) is 2. The van der Waals surface area contributed by atoms with Gasteiger partial charge in [-0.3, -0.25) is 19.7 Å². The largest absolute Gasteiger partial charge is 0.394 e. The zero-order valence-electron chi connectivity index (χ0n) is 14.1. The minimum Gasteiger partial charge on any atom is -0.394 e. The topological polar surface area (TPSA) is 74.7 Å². The molecule has 0 bridgehead atoms. The van der Waals surface area contributed by atoms with Crippen molar-refractivity contribution >= 4 is 23.7 Å². The fraction of sp³-hybridized carbons (Fsp3) is 0.222. The summed E-state index contributed by atoms with van der Waals surface area (Å²) in [6.45, 7) is 1.86. The molecule has 0 saturated heterocycles. The van der Waals surface area contributed by atoms with Gasteiger partial charge in [0.2, 0.25) is 0 Å². The highest BCUT2D eigenvalue weighted by molar-refractivity contribution is 5.90. The first kappa shape index (κ1) is 18.6. The zero-order valence-corrected chi connectivity index (χ0v) is 14.1. The summed E-state index contributed by atoms with van der Waals surface area (Å²) in [5.41, 5.74) is 2.37. The molecule has 0 fully saturated rings. The van der Waals surface area contributed by atoms with E-state index in [0.29, 0.717) is 23.1 Å². The van der Waals surface area contributed by atoms with Crippen molar-refractivity contribution in [2.75, 3.05) is 25.6 Å². The Morgan fingerprint density at radius 2 is 2.16 bits per heavy atom. The van der Waals surface area contributed by atoms with Crippen molar-refractivity contribution in [1.82, 2.24) is 10.0 Å². The van der Waals surface area contributed by atoms with E-state index >= 15 is 0 Å². The van der Waals surface area contributed by atoms with Crippen LogP contribution in [0.3, 0.4) is 0 Å². The molecule has 0 aliphatic heterocycles. The van der Waals surface area contributed by atoms with Gasteiger partial charge in [-0.15, -0.1) is 0 Å². The van der Waals surface area contributed by atoms with Crippen molar-refractivity contribution in [3.8, 4) is 0 Å². The van der Waals surface area contributed by atoms with Crippen LogP contribution in [0.5, 0.6) is 0 Å². The van der Waals surface area contributed by atoms with E-state index in [-0.39, 0.29) is 18.9 Å². The Hall–Kier alpha value is -2.77. The van der Waals surface area contributed by atoms with Gasteiger partial charge in [0, 0.05) is 30.6 Å². The average Bonchev–Trinajstić information content (AvgIpc) is 2.60. The normalized spacial score (nSPS) is 10.9. The van der Waals surface area contributed by atoms with Crippen LogP contribution in [-0.2, 0) is 4.84 Å². The summed E-state index contributed by atoms with van der Waals surface area (Å²) in [6, 6.07) is 4.79. The number of aliphatic hydroxyl groups excluding tert-OH is 1. The number of hydroxylamine groups is 2. The molecule has 132 valence electrons.